The van der Waals surface area contributed by atoms with Crippen LogP contribution in [0.3, 0.4) is 0 Å². The number of benzene rings is 1. The van der Waals surface area contributed by atoms with Gasteiger partial charge in [0.25, 0.3) is 0 Å². The summed E-state index contributed by atoms with van der Waals surface area (Å²) in [6.45, 7) is 0.173. The molecule has 1 aromatic carbocycles. The van der Waals surface area contributed by atoms with Gasteiger partial charge in [-0.25, -0.2) is 4.98 Å². The topological polar surface area (TPSA) is 59.1 Å². The van der Waals surface area contributed by atoms with Crippen LogP contribution in [0.1, 0.15) is 0 Å². The van der Waals surface area contributed by atoms with Crippen LogP contribution in [0, 0.1) is 0 Å². The van der Waals surface area contributed by atoms with Crippen molar-refractivity contribution in [3.8, 4) is 0 Å². The van der Waals surface area contributed by atoms with E-state index >= 15 is 0 Å². The van der Waals surface area contributed by atoms with E-state index in [1.165, 1.54) is 0 Å². The summed E-state index contributed by atoms with van der Waals surface area (Å²) in [5, 5.41) is 10.7. The minimum atomic E-state index is 0.173. The number of nitrogens with two attached hydrogens (primary N) is 1. The van der Waals surface area contributed by atoms with Crippen LogP contribution < -0.4 is 5.73 Å². The minimum Gasteiger partial charge on any atom is -0.399 e. The molecule has 0 saturated heterocycles. The lowest BCUT2D eigenvalue weighted by molar-refractivity contribution is 0.322. The van der Waals surface area contributed by atoms with Crippen LogP contribution in [0.4, 0.5) is 5.69 Å². The van der Waals surface area contributed by atoms with Crippen LogP contribution in [0.2, 0.25) is 0 Å². The van der Waals surface area contributed by atoms with Gasteiger partial charge in [0.05, 0.1) is 17.1 Å². The first-order valence-electron chi connectivity index (χ1n) is 4.69. The molecular weight excluding hydrogens is 208 g/mol. The highest BCUT2D eigenvalue weighted by Crippen LogP contribution is 2.21. The molecule has 1 heterocycles. The number of aliphatic hydroxyl groups excluding tert-OH is 1. The van der Waals surface area contributed by atoms with Crippen molar-refractivity contribution < 1.29 is 5.11 Å². The van der Waals surface area contributed by atoms with E-state index in [1.54, 1.807) is 11.8 Å². The molecule has 4 heteroatoms. The lowest BCUT2D eigenvalue weighted by atomic mass is 10.2. The predicted molar refractivity (Wildman–Crippen MR) is 64.0 cm³/mol. The third kappa shape index (κ3) is 2.40. The molecule has 2 aromatic rings. The molecule has 0 radical (unpaired) electrons. The van der Waals surface area contributed by atoms with Crippen LogP contribution >= 0.6 is 11.8 Å². The van der Waals surface area contributed by atoms with Gasteiger partial charge < -0.3 is 10.8 Å². The first kappa shape index (κ1) is 10.3. The predicted octanol–water partition coefficient (Wildman–Crippen LogP) is 1.90. The van der Waals surface area contributed by atoms with Gasteiger partial charge in [0, 0.05) is 16.8 Å². The molecule has 0 aliphatic carbocycles. The summed E-state index contributed by atoms with van der Waals surface area (Å²) in [4.78, 5) is 4.45. The minimum absolute atomic E-state index is 0.173. The number of fused-ring (bicyclic) bond motifs is 1. The van der Waals surface area contributed by atoms with E-state index in [0.29, 0.717) is 5.75 Å². The Morgan fingerprint density at radius 2 is 2.13 bits per heavy atom. The van der Waals surface area contributed by atoms with E-state index in [4.69, 9.17) is 10.8 Å². The van der Waals surface area contributed by atoms with Crippen molar-refractivity contribution in [2.45, 2.75) is 5.03 Å². The molecule has 0 amide bonds. The van der Waals surface area contributed by atoms with Crippen LogP contribution in [0.25, 0.3) is 10.9 Å². The maximum atomic E-state index is 8.71. The van der Waals surface area contributed by atoms with Crippen molar-refractivity contribution in [2.24, 2.45) is 0 Å². The molecule has 2 rings (SSSR count). The molecular formula is C11H12N2OS. The Balaban J connectivity index is 2.34. The van der Waals surface area contributed by atoms with Crippen molar-refractivity contribution in [3.05, 3.63) is 30.3 Å². The van der Waals surface area contributed by atoms with Gasteiger partial charge in [-0.3, -0.25) is 0 Å². The maximum Gasteiger partial charge on any atom is 0.0968 e. The summed E-state index contributed by atoms with van der Waals surface area (Å²) >= 11 is 1.55. The summed E-state index contributed by atoms with van der Waals surface area (Å²) in [6, 6.07) is 9.60. The number of hydrogen-bond donors (Lipinski definition) is 2. The van der Waals surface area contributed by atoms with Crippen molar-refractivity contribution in [2.75, 3.05) is 18.1 Å². The summed E-state index contributed by atoms with van der Waals surface area (Å²) in [7, 11) is 0. The summed E-state index contributed by atoms with van der Waals surface area (Å²) in [5.41, 5.74) is 7.36. The number of aromatic nitrogens is 1. The zero-order valence-electron chi connectivity index (χ0n) is 8.18. The average molecular weight is 220 g/mol. The van der Waals surface area contributed by atoms with E-state index in [9.17, 15) is 0 Å². The number of nitrogen functional groups attached to an aromatic ring is 1. The van der Waals surface area contributed by atoms with Gasteiger partial charge in [0.1, 0.15) is 0 Å². The average Bonchev–Trinajstić information content (AvgIpc) is 2.26. The number of pyridine rings is 1. The summed E-state index contributed by atoms with van der Waals surface area (Å²) in [5.74, 6) is 0.674. The second kappa shape index (κ2) is 4.51. The van der Waals surface area contributed by atoms with E-state index in [2.05, 4.69) is 4.98 Å². The highest BCUT2D eigenvalue weighted by Gasteiger charge is 1.99. The number of hydrogen-bond acceptors (Lipinski definition) is 4. The Morgan fingerprint density at radius 1 is 1.27 bits per heavy atom. The normalized spacial score (nSPS) is 10.7. The van der Waals surface area contributed by atoms with Gasteiger partial charge in [-0.2, -0.15) is 0 Å². The third-order valence-electron chi connectivity index (χ3n) is 2.03. The van der Waals surface area contributed by atoms with Gasteiger partial charge >= 0.3 is 0 Å². The van der Waals surface area contributed by atoms with Crippen LogP contribution in [0.5, 0.6) is 0 Å². The smallest absolute Gasteiger partial charge is 0.0968 e. The molecule has 1 aromatic heterocycles. The SMILES string of the molecule is Nc1ccc2nc(SCCO)ccc2c1. The molecule has 0 unspecified atom stereocenters. The number of nitrogens with zero attached hydrogens (tertiary/aromatic N) is 1. The first-order chi connectivity index (χ1) is 7.29. The van der Waals surface area contributed by atoms with Crippen LogP contribution in [-0.4, -0.2) is 22.5 Å². The van der Waals surface area contributed by atoms with Crippen molar-refractivity contribution >= 4 is 28.4 Å². The fourth-order valence-electron chi connectivity index (χ4n) is 1.36. The Bertz CT molecular complexity index is 473. The number of anilines is 1. The number of aliphatic hydroxyl groups is 1. The standard InChI is InChI=1S/C11H12N2OS/c12-9-2-3-10-8(7-9)1-4-11(13-10)15-6-5-14/h1-4,7,14H,5-6,12H2. The molecule has 0 spiro atoms. The van der Waals surface area contributed by atoms with Crippen molar-refractivity contribution in [3.63, 3.8) is 0 Å². The second-order valence-corrected chi connectivity index (χ2v) is 4.29. The van der Waals surface area contributed by atoms with E-state index in [1.807, 2.05) is 30.3 Å². The zero-order valence-corrected chi connectivity index (χ0v) is 9.00. The lowest BCUT2D eigenvalue weighted by Gasteiger charge is -2.02. The molecule has 0 aliphatic heterocycles. The maximum absolute atomic E-state index is 8.71. The third-order valence-corrected chi connectivity index (χ3v) is 2.94. The van der Waals surface area contributed by atoms with Gasteiger partial charge in [0.15, 0.2) is 0 Å². The molecule has 78 valence electrons. The molecule has 0 saturated carbocycles. The number of thioether (sulfide) groups is 1. The molecule has 0 fully saturated rings. The Hall–Kier alpha value is -1.26. The van der Waals surface area contributed by atoms with Crippen molar-refractivity contribution in [1.82, 2.24) is 4.98 Å². The van der Waals surface area contributed by atoms with Crippen LogP contribution in [-0.2, 0) is 0 Å². The molecule has 15 heavy (non-hydrogen) atoms. The highest BCUT2D eigenvalue weighted by molar-refractivity contribution is 7.99. The van der Waals surface area contributed by atoms with Gasteiger partial charge in [-0.05, 0) is 24.3 Å². The van der Waals surface area contributed by atoms with Gasteiger partial charge in [0.2, 0.25) is 0 Å². The summed E-state index contributed by atoms with van der Waals surface area (Å²) < 4.78 is 0. The van der Waals surface area contributed by atoms with Crippen molar-refractivity contribution in [1.29, 1.82) is 0 Å². The quantitative estimate of drug-likeness (QED) is 0.612. The highest BCUT2D eigenvalue weighted by atomic mass is 32.2. The molecule has 3 nitrogen and oxygen atoms in total. The fourth-order valence-corrected chi connectivity index (χ4v) is 1.98. The zero-order chi connectivity index (χ0) is 10.7. The molecule has 0 bridgehead atoms. The Labute approximate surface area is 92.3 Å². The molecule has 0 atom stereocenters. The second-order valence-electron chi connectivity index (χ2n) is 3.17. The summed E-state index contributed by atoms with van der Waals surface area (Å²) in [6.07, 6.45) is 0. The monoisotopic (exact) mass is 220 g/mol. The first-order valence-corrected chi connectivity index (χ1v) is 5.68. The van der Waals surface area contributed by atoms with Crippen LogP contribution in [0.15, 0.2) is 35.4 Å². The van der Waals surface area contributed by atoms with Gasteiger partial charge in [-0.1, -0.05) is 6.07 Å². The molecule has 0 aliphatic rings. The molecule has 3 N–H and O–H groups in total. The van der Waals surface area contributed by atoms with E-state index in [0.717, 1.165) is 21.6 Å². The Kier molecular flexibility index (Phi) is 3.08. The fraction of sp³-hybridized carbons (Fsp3) is 0.182. The van der Waals surface area contributed by atoms with Gasteiger partial charge in [-0.15, -0.1) is 11.8 Å². The Morgan fingerprint density at radius 3 is 2.93 bits per heavy atom. The van der Waals surface area contributed by atoms with E-state index in [-0.39, 0.29) is 6.61 Å². The number of rotatable bonds is 3. The lowest BCUT2D eigenvalue weighted by Crippen LogP contribution is -1.89. The largest absolute Gasteiger partial charge is 0.399 e. The van der Waals surface area contributed by atoms with E-state index < -0.39 is 0 Å².